The van der Waals surface area contributed by atoms with Crippen LogP contribution in [0.3, 0.4) is 0 Å². The second-order valence-corrected chi connectivity index (χ2v) is 5.74. The zero-order valence-corrected chi connectivity index (χ0v) is 12.3. The molecule has 0 N–H and O–H groups in total. The van der Waals surface area contributed by atoms with E-state index in [2.05, 4.69) is 73.6 Å². The summed E-state index contributed by atoms with van der Waals surface area (Å²) in [5.41, 5.74) is 7.09. The molecule has 20 heavy (non-hydrogen) atoms. The first kappa shape index (κ1) is 13.0. The first-order valence-electron chi connectivity index (χ1n) is 7.26. The molecule has 0 aromatic heterocycles. The molecule has 1 nitrogen and oxygen atoms in total. The third-order valence-electron chi connectivity index (χ3n) is 4.01. The van der Waals surface area contributed by atoms with E-state index < -0.39 is 0 Å². The number of allylic oxidation sites excluding steroid dienone is 1. The molecule has 0 fully saturated rings. The number of hydrogen-bond acceptors (Lipinski definition) is 1. The largest absolute Gasteiger partial charge is 0.378 e. The van der Waals surface area contributed by atoms with E-state index in [1.165, 1.54) is 35.2 Å². The van der Waals surface area contributed by atoms with Gasteiger partial charge in [0, 0.05) is 19.8 Å². The Kier molecular flexibility index (Phi) is 3.60. The fraction of sp³-hybridized carbons (Fsp3) is 0.263. The predicted octanol–water partition coefficient (Wildman–Crippen LogP) is 4.32. The Labute approximate surface area is 121 Å². The van der Waals surface area contributed by atoms with Gasteiger partial charge >= 0.3 is 0 Å². The van der Waals surface area contributed by atoms with E-state index in [-0.39, 0.29) is 0 Å². The van der Waals surface area contributed by atoms with Gasteiger partial charge in [-0.1, -0.05) is 48.0 Å². The van der Waals surface area contributed by atoms with Crippen LogP contribution in [0.15, 0.2) is 54.1 Å². The van der Waals surface area contributed by atoms with Gasteiger partial charge in [-0.2, -0.15) is 0 Å². The van der Waals surface area contributed by atoms with E-state index in [9.17, 15) is 0 Å². The highest BCUT2D eigenvalue weighted by molar-refractivity contribution is 5.60. The van der Waals surface area contributed by atoms with Crippen molar-refractivity contribution in [1.82, 2.24) is 0 Å². The van der Waals surface area contributed by atoms with E-state index in [4.69, 9.17) is 0 Å². The van der Waals surface area contributed by atoms with Crippen molar-refractivity contribution in [2.24, 2.45) is 0 Å². The first-order chi connectivity index (χ1) is 9.72. The summed E-state index contributed by atoms with van der Waals surface area (Å²) in [4.78, 5) is 2.14. The summed E-state index contributed by atoms with van der Waals surface area (Å²) in [6.45, 7) is 0. The van der Waals surface area contributed by atoms with Crippen molar-refractivity contribution < 1.29 is 0 Å². The van der Waals surface area contributed by atoms with Crippen LogP contribution in [0.2, 0.25) is 0 Å². The molecule has 0 atom stereocenters. The Hall–Kier alpha value is -2.02. The van der Waals surface area contributed by atoms with Crippen LogP contribution in [0, 0.1) is 0 Å². The lowest BCUT2D eigenvalue weighted by atomic mass is 9.89. The van der Waals surface area contributed by atoms with Gasteiger partial charge in [-0.3, -0.25) is 0 Å². The summed E-state index contributed by atoms with van der Waals surface area (Å²) in [5, 5.41) is 0. The maximum Gasteiger partial charge on any atom is 0.0361 e. The summed E-state index contributed by atoms with van der Waals surface area (Å²) < 4.78 is 0. The second kappa shape index (κ2) is 5.54. The van der Waals surface area contributed by atoms with Crippen LogP contribution in [0.25, 0.3) is 6.08 Å². The lowest BCUT2D eigenvalue weighted by molar-refractivity contribution is 0.888. The lowest BCUT2D eigenvalue weighted by Crippen LogP contribution is -2.08. The molecule has 0 saturated carbocycles. The van der Waals surface area contributed by atoms with Crippen LogP contribution in [0.5, 0.6) is 0 Å². The highest BCUT2D eigenvalue weighted by Crippen LogP contribution is 2.26. The van der Waals surface area contributed by atoms with Gasteiger partial charge in [0.25, 0.3) is 0 Å². The SMILES string of the molecule is CN(C)c1ccc(CC2=Cc3ccccc3CC2)cc1. The standard InChI is InChI=1S/C19H21N/c1-20(2)19-11-8-15(9-12-19)13-16-7-10-17-5-3-4-6-18(17)14-16/h3-6,8-9,11-12,14H,7,10,13H2,1-2H3. The highest BCUT2D eigenvalue weighted by atomic mass is 15.1. The average Bonchev–Trinajstić information content (AvgIpc) is 2.48. The number of rotatable bonds is 3. The molecule has 0 amide bonds. The number of benzene rings is 2. The van der Waals surface area contributed by atoms with Gasteiger partial charge in [-0.25, -0.2) is 0 Å². The third-order valence-corrected chi connectivity index (χ3v) is 4.01. The second-order valence-electron chi connectivity index (χ2n) is 5.74. The quantitative estimate of drug-likeness (QED) is 0.797. The minimum atomic E-state index is 1.07. The Morgan fingerprint density at radius 3 is 2.40 bits per heavy atom. The van der Waals surface area contributed by atoms with Crippen molar-refractivity contribution in [3.8, 4) is 0 Å². The molecule has 0 saturated heterocycles. The zero-order valence-electron chi connectivity index (χ0n) is 12.3. The molecule has 1 aliphatic rings. The van der Waals surface area contributed by atoms with Gasteiger partial charge < -0.3 is 4.90 Å². The topological polar surface area (TPSA) is 3.24 Å². The normalized spacial score (nSPS) is 13.6. The molecule has 0 heterocycles. The van der Waals surface area contributed by atoms with Crippen LogP contribution in [-0.2, 0) is 12.8 Å². The lowest BCUT2D eigenvalue weighted by Gasteiger charge is -2.17. The van der Waals surface area contributed by atoms with Crippen LogP contribution in [-0.4, -0.2) is 14.1 Å². The first-order valence-corrected chi connectivity index (χ1v) is 7.26. The Balaban J connectivity index is 1.77. The van der Waals surface area contributed by atoms with Gasteiger partial charge in [-0.05, 0) is 48.1 Å². The summed E-state index contributed by atoms with van der Waals surface area (Å²) in [6, 6.07) is 17.6. The van der Waals surface area contributed by atoms with Crippen molar-refractivity contribution in [3.63, 3.8) is 0 Å². The summed E-state index contributed by atoms with van der Waals surface area (Å²) in [7, 11) is 4.16. The molecule has 0 spiro atoms. The number of nitrogens with zero attached hydrogens (tertiary/aromatic N) is 1. The van der Waals surface area contributed by atoms with Gasteiger partial charge in [-0.15, -0.1) is 0 Å². The molecule has 0 aliphatic heterocycles. The van der Waals surface area contributed by atoms with E-state index >= 15 is 0 Å². The smallest absolute Gasteiger partial charge is 0.0361 e. The minimum Gasteiger partial charge on any atom is -0.378 e. The summed E-state index contributed by atoms with van der Waals surface area (Å²) in [5.74, 6) is 0. The molecule has 102 valence electrons. The predicted molar refractivity (Wildman–Crippen MR) is 87.2 cm³/mol. The van der Waals surface area contributed by atoms with Crippen LogP contribution < -0.4 is 4.90 Å². The fourth-order valence-electron chi connectivity index (χ4n) is 2.80. The van der Waals surface area contributed by atoms with E-state index in [1.807, 2.05) is 0 Å². The molecule has 0 radical (unpaired) electrons. The molecule has 3 rings (SSSR count). The monoisotopic (exact) mass is 263 g/mol. The van der Waals surface area contributed by atoms with E-state index in [0.29, 0.717) is 0 Å². The Morgan fingerprint density at radius 1 is 0.900 bits per heavy atom. The van der Waals surface area contributed by atoms with Gasteiger partial charge in [0.05, 0.1) is 0 Å². The molecule has 1 heteroatoms. The number of fused-ring (bicyclic) bond motifs is 1. The summed E-state index contributed by atoms with van der Waals surface area (Å²) in [6.07, 6.45) is 5.81. The van der Waals surface area contributed by atoms with Gasteiger partial charge in [0.2, 0.25) is 0 Å². The third kappa shape index (κ3) is 2.77. The number of hydrogen-bond donors (Lipinski definition) is 0. The van der Waals surface area contributed by atoms with Crippen LogP contribution in [0.1, 0.15) is 23.1 Å². The Morgan fingerprint density at radius 2 is 1.65 bits per heavy atom. The fourth-order valence-corrected chi connectivity index (χ4v) is 2.80. The maximum absolute atomic E-state index is 2.37. The number of aryl methyl sites for hydroxylation is 1. The van der Waals surface area contributed by atoms with Crippen molar-refractivity contribution in [2.45, 2.75) is 19.3 Å². The molecular formula is C19H21N. The molecule has 2 aromatic carbocycles. The maximum atomic E-state index is 2.37. The van der Waals surface area contributed by atoms with Crippen LogP contribution >= 0.6 is 0 Å². The van der Waals surface area contributed by atoms with Gasteiger partial charge in [0.1, 0.15) is 0 Å². The molecular weight excluding hydrogens is 242 g/mol. The molecule has 0 unspecified atom stereocenters. The van der Waals surface area contributed by atoms with Gasteiger partial charge in [0.15, 0.2) is 0 Å². The average molecular weight is 263 g/mol. The molecule has 0 bridgehead atoms. The number of anilines is 1. The van der Waals surface area contributed by atoms with E-state index in [1.54, 1.807) is 5.57 Å². The van der Waals surface area contributed by atoms with Crippen molar-refractivity contribution in [3.05, 3.63) is 70.8 Å². The van der Waals surface area contributed by atoms with Crippen LogP contribution in [0.4, 0.5) is 5.69 Å². The molecule has 1 aliphatic carbocycles. The Bertz CT molecular complexity index is 620. The molecule has 2 aromatic rings. The van der Waals surface area contributed by atoms with Crippen molar-refractivity contribution in [1.29, 1.82) is 0 Å². The van der Waals surface area contributed by atoms with Crippen molar-refractivity contribution in [2.75, 3.05) is 19.0 Å². The van der Waals surface area contributed by atoms with Crippen molar-refractivity contribution >= 4 is 11.8 Å². The zero-order chi connectivity index (χ0) is 13.9. The minimum absolute atomic E-state index is 1.07. The summed E-state index contributed by atoms with van der Waals surface area (Å²) >= 11 is 0. The highest BCUT2D eigenvalue weighted by Gasteiger charge is 2.10. The van der Waals surface area contributed by atoms with E-state index in [0.717, 1.165) is 6.42 Å².